The summed E-state index contributed by atoms with van der Waals surface area (Å²) in [5.74, 6) is 0.979. The van der Waals surface area contributed by atoms with Crippen LogP contribution in [0, 0.1) is 6.92 Å². The van der Waals surface area contributed by atoms with Gasteiger partial charge in [0.15, 0.2) is 0 Å². The third-order valence-electron chi connectivity index (χ3n) is 2.98. The highest BCUT2D eigenvalue weighted by Gasteiger charge is 2.12. The highest BCUT2D eigenvalue weighted by molar-refractivity contribution is 6.30. The number of fused-ring (bicyclic) bond motifs is 1. The van der Waals surface area contributed by atoms with Crippen LogP contribution >= 0.6 is 11.6 Å². The van der Waals surface area contributed by atoms with E-state index in [4.69, 9.17) is 16.3 Å². The molecule has 0 spiro atoms. The maximum absolute atomic E-state index is 6.07. The van der Waals surface area contributed by atoms with Crippen molar-refractivity contribution in [3.8, 4) is 5.88 Å². The molecule has 21 heavy (non-hydrogen) atoms. The molecule has 6 heteroatoms. The zero-order chi connectivity index (χ0) is 14.7. The maximum Gasteiger partial charge on any atom is 0.256 e. The fourth-order valence-electron chi connectivity index (χ4n) is 1.92. The molecule has 0 atom stereocenters. The zero-order valence-corrected chi connectivity index (χ0v) is 12.2. The molecule has 0 radical (unpaired) electrons. The van der Waals surface area contributed by atoms with E-state index >= 15 is 0 Å². The Kier molecular flexibility index (Phi) is 3.83. The zero-order valence-electron chi connectivity index (χ0n) is 11.4. The molecule has 0 saturated carbocycles. The highest BCUT2D eigenvalue weighted by Crippen LogP contribution is 2.24. The van der Waals surface area contributed by atoms with Crippen molar-refractivity contribution in [1.82, 2.24) is 19.6 Å². The predicted octanol–water partition coefficient (Wildman–Crippen LogP) is 3.18. The number of halogens is 1. The van der Waals surface area contributed by atoms with Gasteiger partial charge in [0, 0.05) is 5.56 Å². The largest absolute Gasteiger partial charge is 0.473 e. The molecule has 0 N–H and O–H groups in total. The van der Waals surface area contributed by atoms with E-state index in [1.807, 2.05) is 49.4 Å². The van der Waals surface area contributed by atoms with Crippen LogP contribution in [0.1, 0.15) is 11.1 Å². The van der Waals surface area contributed by atoms with Crippen LogP contribution in [0.5, 0.6) is 5.88 Å². The Morgan fingerprint density at radius 3 is 2.90 bits per heavy atom. The first-order chi connectivity index (χ1) is 10.3. The monoisotopic (exact) mass is 300 g/mol. The first-order valence-electron chi connectivity index (χ1n) is 6.46. The van der Waals surface area contributed by atoms with Crippen molar-refractivity contribution in [3.63, 3.8) is 0 Å². The van der Waals surface area contributed by atoms with Crippen LogP contribution in [0.4, 0.5) is 0 Å². The number of hydrogen-bond donors (Lipinski definition) is 0. The SMILES string of the molecule is Cc1c(Cl)nc2ncnn2c1OC/C=C/c1ccccc1. The van der Waals surface area contributed by atoms with Gasteiger partial charge in [-0.25, -0.2) is 0 Å². The molecule has 0 aliphatic rings. The Balaban J connectivity index is 1.78. The Labute approximate surface area is 126 Å². The lowest BCUT2D eigenvalue weighted by molar-refractivity contribution is 0.335. The summed E-state index contributed by atoms with van der Waals surface area (Å²) < 4.78 is 7.30. The van der Waals surface area contributed by atoms with Gasteiger partial charge in [-0.05, 0) is 18.6 Å². The van der Waals surface area contributed by atoms with Gasteiger partial charge in [-0.1, -0.05) is 48.0 Å². The Morgan fingerprint density at radius 1 is 1.29 bits per heavy atom. The minimum Gasteiger partial charge on any atom is -0.473 e. The second kappa shape index (κ2) is 5.93. The molecule has 0 unspecified atom stereocenters. The van der Waals surface area contributed by atoms with Gasteiger partial charge in [0.25, 0.3) is 5.78 Å². The lowest BCUT2D eigenvalue weighted by Gasteiger charge is -2.09. The Hall–Kier alpha value is -2.40. The fraction of sp³-hybridized carbons (Fsp3) is 0.133. The standard InChI is InChI=1S/C15H13ClN4O/c1-11-13(16)19-15-17-10-18-20(15)14(11)21-9-5-8-12-6-3-2-4-7-12/h2-8,10H,9H2,1H3/b8-5+. The van der Waals surface area contributed by atoms with E-state index < -0.39 is 0 Å². The average Bonchev–Trinajstić information content (AvgIpc) is 2.96. The van der Waals surface area contributed by atoms with Gasteiger partial charge in [-0.2, -0.15) is 19.6 Å². The van der Waals surface area contributed by atoms with Crippen LogP contribution in [0.25, 0.3) is 11.9 Å². The van der Waals surface area contributed by atoms with Crippen molar-refractivity contribution in [3.05, 3.63) is 59.0 Å². The summed E-state index contributed by atoms with van der Waals surface area (Å²) in [5, 5.41) is 4.47. The van der Waals surface area contributed by atoms with Crippen molar-refractivity contribution in [2.24, 2.45) is 0 Å². The van der Waals surface area contributed by atoms with E-state index in [2.05, 4.69) is 15.1 Å². The van der Waals surface area contributed by atoms with E-state index in [0.717, 1.165) is 11.1 Å². The van der Waals surface area contributed by atoms with Crippen LogP contribution in [0.2, 0.25) is 5.15 Å². The summed E-state index contributed by atoms with van der Waals surface area (Å²) in [6.07, 6.45) is 5.35. The summed E-state index contributed by atoms with van der Waals surface area (Å²) in [6, 6.07) is 10.0. The fourth-order valence-corrected chi connectivity index (χ4v) is 2.07. The lowest BCUT2D eigenvalue weighted by atomic mass is 10.2. The molecule has 2 heterocycles. The van der Waals surface area contributed by atoms with Crippen LogP contribution < -0.4 is 4.74 Å². The molecule has 1 aromatic carbocycles. The number of aromatic nitrogens is 4. The van der Waals surface area contributed by atoms with Gasteiger partial charge >= 0.3 is 0 Å². The van der Waals surface area contributed by atoms with Crippen molar-refractivity contribution < 1.29 is 4.74 Å². The van der Waals surface area contributed by atoms with Crippen molar-refractivity contribution >= 4 is 23.5 Å². The van der Waals surface area contributed by atoms with Crippen LogP contribution in [-0.2, 0) is 0 Å². The predicted molar refractivity (Wildman–Crippen MR) is 81.5 cm³/mol. The van der Waals surface area contributed by atoms with Gasteiger partial charge in [-0.3, -0.25) is 0 Å². The number of benzene rings is 1. The van der Waals surface area contributed by atoms with Crippen molar-refractivity contribution in [2.45, 2.75) is 6.92 Å². The summed E-state index contributed by atoms with van der Waals surface area (Å²) in [4.78, 5) is 8.14. The molecular formula is C15H13ClN4O. The number of hydrogen-bond acceptors (Lipinski definition) is 4. The summed E-state index contributed by atoms with van der Waals surface area (Å²) >= 11 is 6.07. The lowest BCUT2D eigenvalue weighted by Crippen LogP contribution is -2.05. The molecule has 0 amide bonds. The van der Waals surface area contributed by atoms with E-state index in [1.165, 1.54) is 10.8 Å². The number of nitrogens with zero attached hydrogens (tertiary/aromatic N) is 4. The normalized spacial score (nSPS) is 11.3. The third-order valence-corrected chi connectivity index (χ3v) is 3.34. The Morgan fingerprint density at radius 2 is 2.10 bits per heavy atom. The minimum absolute atomic E-state index is 0.373. The Bertz CT molecular complexity index is 783. The molecule has 0 saturated heterocycles. The molecule has 5 nitrogen and oxygen atoms in total. The molecular weight excluding hydrogens is 288 g/mol. The van der Waals surface area contributed by atoms with Gasteiger partial charge in [0.05, 0.1) is 0 Å². The topological polar surface area (TPSA) is 52.3 Å². The van der Waals surface area contributed by atoms with Crippen molar-refractivity contribution in [2.75, 3.05) is 6.61 Å². The van der Waals surface area contributed by atoms with Crippen LogP contribution in [-0.4, -0.2) is 26.2 Å². The number of ether oxygens (including phenoxy) is 1. The van der Waals surface area contributed by atoms with E-state index in [-0.39, 0.29) is 0 Å². The molecule has 2 aromatic heterocycles. The minimum atomic E-state index is 0.373. The van der Waals surface area contributed by atoms with Crippen LogP contribution in [0.3, 0.4) is 0 Å². The molecule has 0 aliphatic heterocycles. The van der Waals surface area contributed by atoms with Crippen molar-refractivity contribution in [1.29, 1.82) is 0 Å². The van der Waals surface area contributed by atoms with E-state index in [1.54, 1.807) is 0 Å². The second-order valence-electron chi connectivity index (χ2n) is 4.43. The quantitative estimate of drug-likeness (QED) is 0.694. The van der Waals surface area contributed by atoms with Gasteiger partial charge in [0.2, 0.25) is 5.88 Å². The van der Waals surface area contributed by atoms with Gasteiger partial charge in [0.1, 0.15) is 18.1 Å². The average molecular weight is 301 g/mol. The summed E-state index contributed by atoms with van der Waals surface area (Å²) in [7, 11) is 0. The smallest absolute Gasteiger partial charge is 0.256 e. The number of rotatable bonds is 4. The second-order valence-corrected chi connectivity index (χ2v) is 4.79. The molecule has 3 aromatic rings. The first kappa shape index (κ1) is 13.6. The van der Waals surface area contributed by atoms with Gasteiger partial charge < -0.3 is 4.74 Å². The summed E-state index contributed by atoms with van der Waals surface area (Å²) in [6.45, 7) is 2.25. The molecule has 0 fully saturated rings. The summed E-state index contributed by atoms with van der Waals surface area (Å²) in [5.41, 5.74) is 1.86. The first-order valence-corrected chi connectivity index (χ1v) is 6.84. The molecule has 0 bridgehead atoms. The maximum atomic E-state index is 6.07. The van der Waals surface area contributed by atoms with Crippen LogP contribution in [0.15, 0.2) is 42.7 Å². The molecule has 0 aliphatic carbocycles. The van der Waals surface area contributed by atoms with E-state index in [0.29, 0.717) is 23.4 Å². The van der Waals surface area contributed by atoms with E-state index in [9.17, 15) is 0 Å². The highest BCUT2D eigenvalue weighted by atomic mass is 35.5. The van der Waals surface area contributed by atoms with Gasteiger partial charge in [-0.15, -0.1) is 0 Å². The third kappa shape index (κ3) is 2.87. The molecule has 3 rings (SSSR count). The molecule has 106 valence electrons.